The van der Waals surface area contributed by atoms with Crippen molar-refractivity contribution in [3.63, 3.8) is 0 Å². The molecule has 0 atom stereocenters. The van der Waals surface area contributed by atoms with E-state index >= 15 is 0 Å². The maximum atomic E-state index is 12.7. The van der Waals surface area contributed by atoms with Gasteiger partial charge in [-0.2, -0.15) is 13.2 Å². The molecule has 0 aliphatic rings. The molecule has 0 unspecified atom stereocenters. The molecule has 2 aromatic rings. The van der Waals surface area contributed by atoms with Gasteiger partial charge in [0.2, 0.25) is 11.8 Å². The van der Waals surface area contributed by atoms with E-state index in [1.807, 2.05) is 30.3 Å². The lowest BCUT2D eigenvalue weighted by Crippen LogP contribution is -2.34. The van der Waals surface area contributed by atoms with Gasteiger partial charge in [-0.15, -0.1) is 0 Å². The van der Waals surface area contributed by atoms with Crippen molar-refractivity contribution in [1.29, 1.82) is 0 Å². The summed E-state index contributed by atoms with van der Waals surface area (Å²) in [5, 5.41) is 0. The van der Waals surface area contributed by atoms with Crippen LogP contribution in [0, 0.1) is 0 Å². The maximum absolute atomic E-state index is 12.7. The van der Waals surface area contributed by atoms with Crippen molar-refractivity contribution in [2.45, 2.75) is 26.1 Å². The Bertz CT molecular complexity index is 774. The number of carbonyl (C=O) groups is 2. The number of nitrogens with zero attached hydrogens (tertiary/aromatic N) is 2. The molecule has 0 N–H and O–H groups in total. The fourth-order valence-electron chi connectivity index (χ4n) is 2.64. The van der Waals surface area contributed by atoms with E-state index in [9.17, 15) is 22.8 Å². The highest BCUT2D eigenvalue weighted by atomic mass is 19.4. The average Bonchev–Trinajstić information content (AvgIpc) is 2.62. The molecule has 0 saturated carbocycles. The van der Waals surface area contributed by atoms with E-state index in [0.717, 1.165) is 17.7 Å². The number of rotatable bonds is 6. The van der Waals surface area contributed by atoms with Crippen LogP contribution in [-0.4, -0.2) is 30.3 Å². The Morgan fingerprint density at radius 3 is 2.07 bits per heavy atom. The molecule has 7 heteroatoms. The molecule has 0 aliphatic heterocycles. The third kappa shape index (κ3) is 5.84. The molecule has 0 saturated heterocycles. The lowest BCUT2D eigenvalue weighted by atomic mass is 10.1. The van der Waals surface area contributed by atoms with Gasteiger partial charge in [-0.1, -0.05) is 30.3 Å². The molecule has 27 heavy (non-hydrogen) atoms. The van der Waals surface area contributed by atoms with Crippen LogP contribution < -0.4 is 4.90 Å². The average molecular weight is 378 g/mol. The minimum Gasteiger partial charge on any atom is -0.341 e. The number of amides is 2. The second kappa shape index (κ2) is 8.70. The number of hydrogen-bond donors (Lipinski definition) is 0. The smallest absolute Gasteiger partial charge is 0.341 e. The molecule has 0 aliphatic carbocycles. The van der Waals surface area contributed by atoms with Crippen molar-refractivity contribution in [2.75, 3.05) is 18.5 Å². The monoisotopic (exact) mass is 378 g/mol. The Kier molecular flexibility index (Phi) is 6.60. The first kappa shape index (κ1) is 20.5. The molecule has 4 nitrogen and oxygen atoms in total. The van der Waals surface area contributed by atoms with Gasteiger partial charge in [-0.25, -0.2) is 0 Å². The molecule has 144 valence electrons. The second-order valence-corrected chi connectivity index (χ2v) is 6.20. The van der Waals surface area contributed by atoms with Crippen LogP contribution in [0.2, 0.25) is 0 Å². The van der Waals surface area contributed by atoms with Crippen molar-refractivity contribution in [3.8, 4) is 0 Å². The van der Waals surface area contributed by atoms with Crippen LogP contribution in [-0.2, 0) is 22.3 Å². The molecular formula is C20H21F3N2O2. The normalized spacial score (nSPS) is 11.1. The van der Waals surface area contributed by atoms with Gasteiger partial charge < -0.3 is 9.80 Å². The van der Waals surface area contributed by atoms with Gasteiger partial charge in [0.1, 0.15) is 0 Å². The zero-order valence-electron chi connectivity index (χ0n) is 15.2. The number of hydrogen-bond acceptors (Lipinski definition) is 2. The molecule has 0 heterocycles. The number of anilines is 1. The molecule has 0 radical (unpaired) electrons. The first-order chi connectivity index (χ1) is 12.7. The highest BCUT2D eigenvalue weighted by molar-refractivity contribution is 5.92. The van der Waals surface area contributed by atoms with Crippen LogP contribution in [0.15, 0.2) is 54.6 Å². The first-order valence-corrected chi connectivity index (χ1v) is 8.41. The molecule has 0 bridgehead atoms. The highest BCUT2D eigenvalue weighted by Gasteiger charge is 2.30. The summed E-state index contributed by atoms with van der Waals surface area (Å²) < 4.78 is 38.0. The van der Waals surface area contributed by atoms with Gasteiger partial charge in [0.25, 0.3) is 0 Å². The summed E-state index contributed by atoms with van der Waals surface area (Å²) in [7, 11) is 1.67. The molecule has 0 aromatic heterocycles. The number of carbonyl (C=O) groups excluding carboxylic acids is 2. The van der Waals surface area contributed by atoms with E-state index in [1.54, 1.807) is 11.9 Å². The third-order valence-corrected chi connectivity index (χ3v) is 4.12. The van der Waals surface area contributed by atoms with Crippen LogP contribution in [0.1, 0.15) is 24.5 Å². The molecule has 2 amide bonds. The van der Waals surface area contributed by atoms with Crippen molar-refractivity contribution in [2.24, 2.45) is 0 Å². The lowest BCUT2D eigenvalue weighted by molar-refractivity contribution is -0.137. The summed E-state index contributed by atoms with van der Waals surface area (Å²) in [5.41, 5.74) is 0.530. The summed E-state index contributed by atoms with van der Waals surface area (Å²) in [5.74, 6) is -0.495. The van der Waals surface area contributed by atoms with E-state index in [0.29, 0.717) is 12.2 Å². The van der Waals surface area contributed by atoms with Crippen molar-refractivity contribution < 1.29 is 22.8 Å². The van der Waals surface area contributed by atoms with Gasteiger partial charge >= 0.3 is 6.18 Å². The van der Waals surface area contributed by atoms with Crippen LogP contribution >= 0.6 is 0 Å². The fraction of sp³-hybridized carbons (Fsp3) is 0.300. The van der Waals surface area contributed by atoms with E-state index < -0.39 is 11.7 Å². The van der Waals surface area contributed by atoms with Crippen LogP contribution in [0.25, 0.3) is 0 Å². The fourth-order valence-corrected chi connectivity index (χ4v) is 2.64. The zero-order chi connectivity index (χ0) is 20.0. The molecule has 2 aromatic carbocycles. The number of alkyl halides is 3. The topological polar surface area (TPSA) is 40.6 Å². The Morgan fingerprint density at radius 2 is 1.56 bits per heavy atom. The first-order valence-electron chi connectivity index (χ1n) is 8.41. The van der Waals surface area contributed by atoms with E-state index in [1.165, 1.54) is 24.0 Å². The van der Waals surface area contributed by atoms with Gasteiger partial charge in [0, 0.05) is 39.2 Å². The van der Waals surface area contributed by atoms with Gasteiger partial charge in [-0.3, -0.25) is 9.59 Å². The van der Waals surface area contributed by atoms with Crippen LogP contribution in [0.5, 0.6) is 0 Å². The Hall–Kier alpha value is -2.83. The van der Waals surface area contributed by atoms with E-state index in [-0.39, 0.29) is 24.8 Å². The van der Waals surface area contributed by atoms with Crippen LogP contribution in [0.4, 0.5) is 18.9 Å². The van der Waals surface area contributed by atoms with Gasteiger partial charge in [0.15, 0.2) is 0 Å². The largest absolute Gasteiger partial charge is 0.416 e. The minimum absolute atomic E-state index is 0.0733. The summed E-state index contributed by atoms with van der Waals surface area (Å²) in [6.07, 6.45) is -4.36. The Morgan fingerprint density at radius 1 is 0.963 bits per heavy atom. The van der Waals surface area contributed by atoms with E-state index in [4.69, 9.17) is 0 Å². The Labute approximate surface area is 156 Å². The third-order valence-electron chi connectivity index (χ3n) is 4.12. The summed E-state index contributed by atoms with van der Waals surface area (Å²) in [4.78, 5) is 27.1. The predicted octanol–water partition coefficient (Wildman–Crippen LogP) is 4.11. The standard InChI is InChI=1S/C20H21F3N2O2/c1-15(26)25(18-10-8-17(9-11-18)20(21,22)23)13-12-19(27)24(2)14-16-6-4-3-5-7-16/h3-11H,12-14H2,1-2H3. The highest BCUT2D eigenvalue weighted by Crippen LogP contribution is 2.30. The molecule has 2 rings (SSSR count). The lowest BCUT2D eigenvalue weighted by Gasteiger charge is -2.23. The van der Waals surface area contributed by atoms with E-state index in [2.05, 4.69) is 0 Å². The van der Waals surface area contributed by atoms with Crippen molar-refractivity contribution in [3.05, 3.63) is 65.7 Å². The molecule has 0 spiro atoms. The van der Waals surface area contributed by atoms with Crippen molar-refractivity contribution >= 4 is 17.5 Å². The molecule has 0 fully saturated rings. The quantitative estimate of drug-likeness (QED) is 0.759. The summed E-state index contributed by atoms with van der Waals surface area (Å²) in [6.45, 7) is 1.86. The number of halogens is 3. The minimum atomic E-state index is -4.43. The maximum Gasteiger partial charge on any atom is 0.416 e. The molecular weight excluding hydrogens is 357 g/mol. The van der Waals surface area contributed by atoms with Crippen LogP contribution in [0.3, 0.4) is 0 Å². The predicted molar refractivity (Wildman–Crippen MR) is 97.0 cm³/mol. The van der Waals surface area contributed by atoms with Gasteiger partial charge in [-0.05, 0) is 29.8 Å². The SMILES string of the molecule is CC(=O)N(CCC(=O)N(C)Cc1ccccc1)c1ccc(C(F)(F)F)cc1. The second-order valence-electron chi connectivity index (χ2n) is 6.20. The summed E-state index contributed by atoms with van der Waals surface area (Å²) in [6, 6.07) is 13.8. The van der Waals surface area contributed by atoms with Crippen molar-refractivity contribution in [1.82, 2.24) is 4.90 Å². The zero-order valence-corrected chi connectivity index (χ0v) is 15.2. The summed E-state index contributed by atoms with van der Waals surface area (Å²) >= 11 is 0. The number of benzene rings is 2. The Balaban J connectivity index is 1.99. The van der Waals surface area contributed by atoms with Gasteiger partial charge in [0.05, 0.1) is 5.56 Å².